The lowest BCUT2D eigenvalue weighted by Gasteiger charge is -2.02. The van der Waals surface area contributed by atoms with Gasteiger partial charge >= 0.3 is 0 Å². The molecule has 0 unspecified atom stereocenters. The molecule has 2 heteroatoms. The Bertz CT molecular complexity index is 448. The summed E-state index contributed by atoms with van der Waals surface area (Å²) in [5.74, 6) is 0. The van der Waals surface area contributed by atoms with Crippen molar-refractivity contribution in [2.45, 2.75) is 13.5 Å². The van der Waals surface area contributed by atoms with Crippen molar-refractivity contribution >= 4 is 0 Å². The summed E-state index contributed by atoms with van der Waals surface area (Å²) in [6.45, 7) is 2.10. The molecule has 1 N–H and O–H groups in total. The predicted molar refractivity (Wildman–Crippen MR) is 60.3 cm³/mol. The van der Waals surface area contributed by atoms with Gasteiger partial charge in [-0.15, -0.1) is 0 Å². The van der Waals surface area contributed by atoms with Crippen molar-refractivity contribution in [2.75, 3.05) is 0 Å². The van der Waals surface area contributed by atoms with E-state index in [4.69, 9.17) is 5.11 Å². The van der Waals surface area contributed by atoms with Gasteiger partial charge in [-0.2, -0.15) is 0 Å². The molecule has 0 aliphatic carbocycles. The molecule has 0 saturated heterocycles. The van der Waals surface area contributed by atoms with Crippen LogP contribution in [0.15, 0.2) is 42.6 Å². The highest BCUT2D eigenvalue weighted by atomic mass is 16.3. The van der Waals surface area contributed by atoms with Crippen LogP contribution in [0.1, 0.15) is 11.1 Å². The van der Waals surface area contributed by atoms with Gasteiger partial charge in [-0.05, 0) is 24.6 Å². The van der Waals surface area contributed by atoms with E-state index in [-0.39, 0.29) is 6.61 Å². The van der Waals surface area contributed by atoms with Crippen LogP contribution in [0.2, 0.25) is 0 Å². The van der Waals surface area contributed by atoms with Crippen LogP contribution in [-0.2, 0) is 6.61 Å². The molecule has 2 nitrogen and oxygen atoms in total. The SMILES string of the molecule is Cc1cccc(-c2ccc(CO)cn2)c1. The molecular weight excluding hydrogens is 186 g/mol. The van der Waals surface area contributed by atoms with Crippen molar-refractivity contribution in [3.8, 4) is 11.3 Å². The first-order valence-corrected chi connectivity index (χ1v) is 4.92. The zero-order chi connectivity index (χ0) is 10.7. The minimum atomic E-state index is 0.0428. The molecule has 76 valence electrons. The largest absolute Gasteiger partial charge is 0.392 e. The molecule has 0 aliphatic rings. The van der Waals surface area contributed by atoms with Crippen LogP contribution in [0.25, 0.3) is 11.3 Å². The standard InChI is InChI=1S/C13H13NO/c1-10-3-2-4-12(7-10)13-6-5-11(9-15)8-14-13/h2-8,15H,9H2,1H3. The number of benzene rings is 1. The Morgan fingerprint density at radius 3 is 2.67 bits per heavy atom. The number of aryl methyl sites for hydroxylation is 1. The summed E-state index contributed by atoms with van der Waals surface area (Å²) in [5.41, 5.74) is 4.11. The van der Waals surface area contributed by atoms with Crippen molar-refractivity contribution in [3.63, 3.8) is 0 Å². The predicted octanol–water partition coefficient (Wildman–Crippen LogP) is 2.55. The zero-order valence-electron chi connectivity index (χ0n) is 8.64. The summed E-state index contributed by atoms with van der Waals surface area (Å²) >= 11 is 0. The van der Waals surface area contributed by atoms with Crippen molar-refractivity contribution < 1.29 is 5.11 Å². The molecule has 0 aliphatic heterocycles. The molecule has 1 aromatic heterocycles. The van der Waals surface area contributed by atoms with Crippen LogP contribution in [0.4, 0.5) is 0 Å². The van der Waals surface area contributed by atoms with E-state index >= 15 is 0 Å². The molecule has 2 aromatic rings. The number of aromatic nitrogens is 1. The van der Waals surface area contributed by atoms with Gasteiger partial charge in [0.25, 0.3) is 0 Å². The Morgan fingerprint density at radius 2 is 2.07 bits per heavy atom. The van der Waals surface area contributed by atoms with Crippen molar-refractivity contribution in [1.82, 2.24) is 4.98 Å². The summed E-state index contributed by atoms with van der Waals surface area (Å²) in [7, 11) is 0. The molecule has 0 amide bonds. The van der Waals surface area contributed by atoms with E-state index in [0.717, 1.165) is 16.8 Å². The number of pyridine rings is 1. The second kappa shape index (κ2) is 4.24. The van der Waals surface area contributed by atoms with Gasteiger partial charge in [0.05, 0.1) is 12.3 Å². The Kier molecular flexibility index (Phi) is 2.79. The van der Waals surface area contributed by atoms with Crippen LogP contribution in [0.3, 0.4) is 0 Å². The highest BCUT2D eigenvalue weighted by Crippen LogP contribution is 2.17. The average Bonchev–Trinajstić information content (AvgIpc) is 2.29. The van der Waals surface area contributed by atoms with E-state index in [1.165, 1.54) is 5.56 Å². The number of nitrogens with zero attached hydrogens (tertiary/aromatic N) is 1. The average molecular weight is 199 g/mol. The molecule has 15 heavy (non-hydrogen) atoms. The third-order valence-corrected chi connectivity index (χ3v) is 2.32. The van der Waals surface area contributed by atoms with Gasteiger partial charge in [0.15, 0.2) is 0 Å². The molecular formula is C13H13NO. The number of aliphatic hydroxyl groups is 1. The Morgan fingerprint density at radius 1 is 1.20 bits per heavy atom. The van der Waals surface area contributed by atoms with E-state index in [9.17, 15) is 0 Å². The molecule has 1 aromatic carbocycles. The molecule has 0 fully saturated rings. The molecule has 0 radical (unpaired) electrons. The third-order valence-electron chi connectivity index (χ3n) is 2.32. The first-order valence-electron chi connectivity index (χ1n) is 4.92. The molecule has 2 rings (SSSR count). The molecule has 0 bridgehead atoms. The highest BCUT2D eigenvalue weighted by Gasteiger charge is 1.99. The van der Waals surface area contributed by atoms with Crippen LogP contribution < -0.4 is 0 Å². The molecule has 1 heterocycles. The summed E-state index contributed by atoms with van der Waals surface area (Å²) in [5, 5.41) is 8.90. The number of aliphatic hydroxyl groups excluding tert-OH is 1. The summed E-state index contributed by atoms with van der Waals surface area (Å²) in [6.07, 6.45) is 1.71. The maximum absolute atomic E-state index is 8.90. The van der Waals surface area contributed by atoms with Crippen LogP contribution in [-0.4, -0.2) is 10.1 Å². The normalized spacial score (nSPS) is 10.3. The maximum Gasteiger partial charge on any atom is 0.0702 e. The smallest absolute Gasteiger partial charge is 0.0702 e. The third kappa shape index (κ3) is 2.22. The van der Waals surface area contributed by atoms with E-state index < -0.39 is 0 Å². The van der Waals surface area contributed by atoms with Crippen LogP contribution in [0.5, 0.6) is 0 Å². The first-order chi connectivity index (χ1) is 7.29. The zero-order valence-corrected chi connectivity index (χ0v) is 8.64. The van der Waals surface area contributed by atoms with E-state index in [2.05, 4.69) is 24.0 Å². The van der Waals surface area contributed by atoms with E-state index in [1.54, 1.807) is 6.20 Å². The van der Waals surface area contributed by atoms with Gasteiger partial charge in [-0.3, -0.25) is 4.98 Å². The van der Waals surface area contributed by atoms with Crippen LogP contribution >= 0.6 is 0 Å². The second-order valence-electron chi connectivity index (χ2n) is 3.58. The maximum atomic E-state index is 8.90. The van der Waals surface area contributed by atoms with Gasteiger partial charge in [0, 0.05) is 11.8 Å². The fourth-order valence-corrected chi connectivity index (χ4v) is 1.49. The summed E-state index contributed by atoms with van der Waals surface area (Å²) in [4.78, 5) is 4.30. The Hall–Kier alpha value is -1.67. The topological polar surface area (TPSA) is 33.1 Å². The van der Waals surface area contributed by atoms with Crippen molar-refractivity contribution in [1.29, 1.82) is 0 Å². The van der Waals surface area contributed by atoms with E-state index in [0.29, 0.717) is 0 Å². The van der Waals surface area contributed by atoms with Crippen molar-refractivity contribution in [2.24, 2.45) is 0 Å². The van der Waals surface area contributed by atoms with E-state index in [1.807, 2.05) is 24.3 Å². The lowest BCUT2D eigenvalue weighted by Crippen LogP contribution is -1.88. The lowest BCUT2D eigenvalue weighted by molar-refractivity contribution is 0.281. The monoisotopic (exact) mass is 199 g/mol. The Labute approximate surface area is 89.2 Å². The molecule has 0 saturated carbocycles. The summed E-state index contributed by atoms with van der Waals surface area (Å²) in [6, 6.07) is 12.0. The Balaban J connectivity index is 2.37. The second-order valence-corrected chi connectivity index (χ2v) is 3.58. The summed E-state index contributed by atoms with van der Waals surface area (Å²) < 4.78 is 0. The minimum Gasteiger partial charge on any atom is -0.392 e. The number of hydrogen-bond acceptors (Lipinski definition) is 2. The quantitative estimate of drug-likeness (QED) is 0.806. The van der Waals surface area contributed by atoms with Gasteiger partial charge < -0.3 is 5.11 Å². The first kappa shape index (κ1) is 9.87. The fraction of sp³-hybridized carbons (Fsp3) is 0.154. The van der Waals surface area contributed by atoms with Gasteiger partial charge in [-0.1, -0.05) is 29.8 Å². The number of rotatable bonds is 2. The van der Waals surface area contributed by atoms with Crippen molar-refractivity contribution in [3.05, 3.63) is 53.7 Å². The molecule has 0 spiro atoms. The van der Waals surface area contributed by atoms with Gasteiger partial charge in [0.2, 0.25) is 0 Å². The number of hydrogen-bond donors (Lipinski definition) is 1. The van der Waals surface area contributed by atoms with Gasteiger partial charge in [-0.25, -0.2) is 0 Å². The lowest BCUT2D eigenvalue weighted by atomic mass is 10.1. The fourth-order valence-electron chi connectivity index (χ4n) is 1.49. The van der Waals surface area contributed by atoms with Gasteiger partial charge in [0.1, 0.15) is 0 Å². The minimum absolute atomic E-state index is 0.0428. The highest BCUT2D eigenvalue weighted by molar-refractivity contribution is 5.59. The molecule has 0 atom stereocenters. The van der Waals surface area contributed by atoms with Crippen LogP contribution in [0, 0.1) is 6.92 Å².